The molecule has 0 atom stereocenters. The molecular formula is C12H18N2. The van der Waals surface area contributed by atoms with Gasteiger partial charge in [0.2, 0.25) is 0 Å². The topological polar surface area (TPSA) is 38.0 Å². The second-order valence-corrected chi connectivity index (χ2v) is 4.12. The first-order valence-corrected chi connectivity index (χ1v) is 5.40. The molecule has 76 valence electrons. The minimum atomic E-state index is 0.675. The predicted octanol–water partition coefficient (Wildman–Crippen LogP) is 2.23. The van der Waals surface area contributed by atoms with E-state index in [1.807, 2.05) is 6.07 Å². The molecule has 0 spiro atoms. The van der Waals surface area contributed by atoms with Gasteiger partial charge in [-0.2, -0.15) is 0 Å². The first-order valence-electron chi connectivity index (χ1n) is 5.40. The summed E-state index contributed by atoms with van der Waals surface area (Å²) >= 11 is 0. The maximum Gasteiger partial charge on any atom is 0.0342 e. The molecule has 3 N–H and O–H groups in total. The van der Waals surface area contributed by atoms with Crippen LogP contribution in [-0.4, -0.2) is 12.6 Å². The minimum absolute atomic E-state index is 0.675. The number of para-hydroxylation sites is 1. The monoisotopic (exact) mass is 190 g/mol. The smallest absolute Gasteiger partial charge is 0.0342 e. The van der Waals surface area contributed by atoms with Crippen LogP contribution in [-0.2, 0) is 0 Å². The molecule has 2 heteroatoms. The highest BCUT2D eigenvalue weighted by Crippen LogP contribution is 2.32. The van der Waals surface area contributed by atoms with Crippen LogP contribution in [0.4, 0.5) is 5.69 Å². The van der Waals surface area contributed by atoms with Crippen molar-refractivity contribution in [2.45, 2.75) is 25.3 Å². The average molecular weight is 190 g/mol. The van der Waals surface area contributed by atoms with Crippen LogP contribution in [0.5, 0.6) is 0 Å². The van der Waals surface area contributed by atoms with E-state index in [0.717, 1.165) is 12.5 Å². The van der Waals surface area contributed by atoms with Crippen molar-refractivity contribution in [2.24, 2.45) is 11.7 Å². The van der Waals surface area contributed by atoms with Crippen LogP contribution >= 0.6 is 0 Å². The predicted molar refractivity (Wildman–Crippen MR) is 60.2 cm³/mol. The summed E-state index contributed by atoms with van der Waals surface area (Å²) in [4.78, 5) is 0. The van der Waals surface area contributed by atoms with Crippen molar-refractivity contribution in [2.75, 3.05) is 11.9 Å². The van der Waals surface area contributed by atoms with Crippen LogP contribution < -0.4 is 11.1 Å². The summed E-state index contributed by atoms with van der Waals surface area (Å²) in [6.07, 6.45) is 3.76. The number of anilines is 1. The highest BCUT2D eigenvalue weighted by atomic mass is 14.9. The van der Waals surface area contributed by atoms with E-state index in [1.54, 1.807) is 0 Å². The molecule has 1 aromatic carbocycles. The molecule has 14 heavy (non-hydrogen) atoms. The van der Waals surface area contributed by atoms with Gasteiger partial charge in [-0.15, -0.1) is 0 Å². The third-order valence-corrected chi connectivity index (χ3v) is 2.96. The third-order valence-electron chi connectivity index (χ3n) is 2.96. The van der Waals surface area contributed by atoms with Gasteiger partial charge in [0.15, 0.2) is 0 Å². The van der Waals surface area contributed by atoms with Gasteiger partial charge < -0.3 is 11.1 Å². The van der Waals surface area contributed by atoms with Gasteiger partial charge in [0, 0.05) is 11.7 Å². The molecule has 0 bridgehead atoms. The Bertz CT molecular complexity index is 265. The lowest BCUT2D eigenvalue weighted by Crippen LogP contribution is -2.36. The fourth-order valence-electron chi connectivity index (χ4n) is 2.10. The molecular weight excluding hydrogens is 172 g/mol. The molecule has 0 heterocycles. The SMILES string of the molecule is NCCC1CC(Nc2ccccc2)C1. The Hall–Kier alpha value is -1.02. The molecule has 1 fully saturated rings. The Morgan fingerprint density at radius 1 is 1.21 bits per heavy atom. The van der Waals surface area contributed by atoms with Crippen LogP contribution in [0.25, 0.3) is 0 Å². The largest absolute Gasteiger partial charge is 0.382 e. The van der Waals surface area contributed by atoms with E-state index in [9.17, 15) is 0 Å². The van der Waals surface area contributed by atoms with Crippen LogP contribution in [0, 0.1) is 5.92 Å². The molecule has 0 aliphatic heterocycles. The maximum absolute atomic E-state index is 5.52. The van der Waals surface area contributed by atoms with Gasteiger partial charge >= 0.3 is 0 Å². The Labute approximate surface area is 85.5 Å². The van der Waals surface area contributed by atoms with Crippen molar-refractivity contribution in [1.29, 1.82) is 0 Å². The summed E-state index contributed by atoms with van der Waals surface area (Å²) in [6.45, 7) is 0.836. The van der Waals surface area contributed by atoms with Gasteiger partial charge in [0.25, 0.3) is 0 Å². The molecule has 0 aromatic heterocycles. The molecule has 0 radical (unpaired) electrons. The van der Waals surface area contributed by atoms with Crippen molar-refractivity contribution in [3.63, 3.8) is 0 Å². The van der Waals surface area contributed by atoms with Gasteiger partial charge in [-0.1, -0.05) is 18.2 Å². The Kier molecular flexibility index (Phi) is 3.04. The number of rotatable bonds is 4. The van der Waals surface area contributed by atoms with E-state index in [0.29, 0.717) is 6.04 Å². The lowest BCUT2D eigenvalue weighted by Gasteiger charge is -2.36. The van der Waals surface area contributed by atoms with E-state index >= 15 is 0 Å². The van der Waals surface area contributed by atoms with Crippen LogP contribution in [0.3, 0.4) is 0 Å². The quantitative estimate of drug-likeness (QED) is 0.764. The molecule has 1 saturated carbocycles. The van der Waals surface area contributed by atoms with E-state index in [2.05, 4.69) is 29.6 Å². The summed E-state index contributed by atoms with van der Waals surface area (Å²) in [5.41, 5.74) is 6.76. The fraction of sp³-hybridized carbons (Fsp3) is 0.500. The van der Waals surface area contributed by atoms with E-state index in [1.165, 1.54) is 24.9 Å². The Morgan fingerprint density at radius 3 is 2.57 bits per heavy atom. The van der Waals surface area contributed by atoms with Gasteiger partial charge in [-0.3, -0.25) is 0 Å². The number of hydrogen-bond acceptors (Lipinski definition) is 2. The summed E-state index contributed by atoms with van der Waals surface area (Å²) in [6, 6.07) is 11.1. The molecule has 0 unspecified atom stereocenters. The second kappa shape index (κ2) is 4.47. The highest BCUT2D eigenvalue weighted by molar-refractivity contribution is 5.43. The Balaban J connectivity index is 1.74. The molecule has 0 amide bonds. The first kappa shape index (κ1) is 9.53. The molecule has 2 rings (SSSR count). The van der Waals surface area contributed by atoms with Gasteiger partial charge in [-0.25, -0.2) is 0 Å². The zero-order valence-corrected chi connectivity index (χ0v) is 8.45. The molecule has 1 aliphatic rings. The third kappa shape index (κ3) is 2.26. The van der Waals surface area contributed by atoms with Gasteiger partial charge in [0.05, 0.1) is 0 Å². The maximum atomic E-state index is 5.52. The molecule has 1 aliphatic carbocycles. The fourth-order valence-corrected chi connectivity index (χ4v) is 2.10. The van der Waals surface area contributed by atoms with E-state index in [-0.39, 0.29) is 0 Å². The normalized spacial score (nSPS) is 25.5. The summed E-state index contributed by atoms with van der Waals surface area (Å²) < 4.78 is 0. The number of nitrogens with two attached hydrogens (primary N) is 1. The van der Waals surface area contributed by atoms with E-state index < -0.39 is 0 Å². The zero-order chi connectivity index (χ0) is 9.80. The van der Waals surface area contributed by atoms with Crippen LogP contribution in [0.1, 0.15) is 19.3 Å². The summed E-state index contributed by atoms with van der Waals surface area (Å²) in [5, 5.41) is 3.53. The number of benzene rings is 1. The van der Waals surface area contributed by atoms with Gasteiger partial charge in [0.1, 0.15) is 0 Å². The van der Waals surface area contributed by atoms with Crippen LogP contribution in [0.2, 0.25) is 0 Å². The van der Waals surface area contributed by atoms with Crippen molar-refractivity contribution in [3.8, 4) is 0 Å². The van der Waals surface area contributed by atoms with Crippen molar-refractivity contribution < 1.29 is 0 Å². The Morgan fingerprint density at radius 2 is 1.93 bits per heavy atom. The van der Waals surface area contributed by atoms with Crippen molar-refractivity contribution in [3.05, 3.63) is 30.3 Å². The molecule has 2 nitrogen and oxygen atoms in total. The highest BCUT2D eigenvalue weighted by Gasteiger charge is 2.27. The first-order chi connectivity index (χ1) is 6.88. The lowest BCUT2D eigenvalue weighted by molar-refractivity contribution is 0.269. The summed E-state index contributed by atoms with van der Waals surface area (Å²) in [7, 11) is 0. The second-order valence-electron chi connectivity index (χ2n) is 4.12. The summed E-state index contributed by atoms with van der Waals surface area (Å²) in [5.74, 6) is 0.862. The van der Waals surface area contributed by atoms with Crippen molar-refractivity contribution >= 4 is 5.69 Å². The van der Waals surface area contributed by atoms with Gasteiger partial charge in [-0.05, 0) is 43.9 Å². The number of hydrogen-bond donors (Lipinski definition) is 2. The standard InChI is InChI=1S/C12H18N2/c13-7-6-10-8-12(9-10)14-11-4-2-1-3-5-11/h1-5,10,12,14H,6-9,13H2. The van der Waals surface area contributed by atoms with E-state index in [4.69, 9.17) is 5.73 Å². The molecule has 0 saturated heterocycles. The van der Waals surface area contributed by atoms with Crippen molar-refractivity contribution in [1.82, 2.24) is 0 Å². The number of nitrogens with one attached hydrogen (secondary N) is 1. The van der Waals surface area contributed by atoms with Crippen LogP contribution in [0.15, 0.2) is 30.3 Å². The molecule has 1 aromatic rings. The average Bonchev–Trinajstić information content (AvgIpc) is 2.16. The zero-order valence-electron chi connectivity index (χ0n) is 8.45. The lowest BCUT2D eigenvalue weighted by atomic mass is 9.78. The minimum Gasteiger partial charge on any atom is -0.382 e.